The van der Waals surface area contributed by atoms with Crippen LogP contribution in [0.5, 0.6) is 0 Å². The number of anilines is 2. The molecule has 0 fully saturated rings. The highest BCUT2D eigenvalue weighted by atomic mass is 79.9. The fourth-order valence-corrected chi connectivity index (χ4v) is 2.46. The standard InChI is InChI=1S/C12H8BrCl3N2/c1-6-2-7(13)5-17-12(6)18-11-4-9(15)8(14)3-10(11)16/h2-5H,1H3,(H,17,18). The van der Waals surface area contributed by atoms with Gasteiger partial charge in [0, 0.05) is 10.7 Å². The van der Waals surface area contributed by atoms with E-state index < -0.39 is 0 Å². The molecule has 0 aliphatic rings. The van der Waals surface area contributed by atoms with Crippen LogP contribution in [0.15, 0.2) is 28.9 Å². The van der Waals surface area contributed by atoms with Crippen LogP contribution in [0.3, 0.4) is 0 Å². The molecule has 2 aromatic rings. The zero-order valence-electron chi connectivity index (χ0n) is 9.27. The summed E-state index contributed by atoms with van der Waals surface area (Å²) in [6.07, 6.45) is 1.71. The van der Waals surface area contributed by atoms with E-state index in [9.17, 15) is 0 Å². The lowest BCUT2D eigenvalue weighted by atomic mass is 10.2. The summed E-state index contributed by atoms with van der Waals surface area (Å²) in [5, 5.41) is 4.49. The summed E-state index contributed by atoms with van der Waals surface area (Å²) in [4.78, 5) is 4.27. The molecule has 0 atom stereocenters. The van der Waals surface area contributed by atoms with Crippen molar-refractivity contribution in [1.29, 1.82) is 0 Å². The fourth-order valence-electron chi connectivity index (χ4n) is 1.42. The van der Waals surface area contributed by atoms with Crippen molar-refractivity contribution >= 4 is 62.2 Å². The van der Waals surface area contributed by atoms with Crippen molar-refractivity contribution in [2.75, 3.05) is 5.32 Å². The number of nitrogens with zero attached hydrogens (tertiary/aromatic N) is 1. The van der Waals surface area contributed by atoms with Gasteiger partial charge in [-0.25, -0.2) is 4.98 Å². The summed E-state index contributed by atoms with van der Waals surface area (Å²) in [6, 6.07) is 5.23. The Bertz CT molecular complexity index is 602. The van der Waals surface area contributed by atoms with Crippen molar-refractivity contribution in [1.82, 2.24) is 4.98 Å². The molecule has 0 aliphatic heterocycles. The van der Waals surface area contributed by atoms with Gasteiger partial charge in [-0.1, -0.05) is 34.8 Å². The van der Waals surface area contributed by atoms with Crippen molar-refractivity contribution in [3.05, 3.63) is 49.5 Å². The monoisotopic (exact) mass is 364 g/mol. The number of aromatic nitrogens is 1. The quantitative estimate of drug-likeness (QED) is 0.674. The third kappa shape index (κ3) is 3.09. The first-order valence-corrected chi connectivity index (χ1v) is 6.94. The molecule has 0 saturated heterocycles. The van der Waals surface area contributed by atoms with Gasteiger partial charge in [-0.3, -0.25) is 0 Å². The highest BCUT2D eigenvalue weighted by Gasteiger charge is 2.08. The molecule has 2 rings (SSSR count). The number of rotatable bonds is 2. The van der Waals surface area contributed by atoms with E-state index in [1.807, 2.05) is 13.0 Å². The van der Waals surface area contributed by atoms with E-state index in [0.717, 1.165) is 15.9 Å². The minimum Gasteiger partial charge on any atom is -0.339 e. The predicted molar refractivity (Wildman–Crippen MR) is 81.4 cm³/mol. The van der Waals surface area contributed by atoms with Crippen LogP contribution >= 0.6 is 50.7 Å². The van der Waals surface area contributed by atoms with Gasteiger partial charge in [0.25, 0.3) is 0 Å². The van der Waals surface area contributed by atoms with Crippen molar-refractivity contribution in [3.63, 3.8) is 0 Å². The zero-order valence-corrected chi connectivity index (χ0v) is 13.1. The molecule has 18 heavy (non-hydrogen) atoms. The molecule has 0 aliphatic carbocycles. The van der Waals surface area contributed by atoms with E-state index >= 15 is 0 Å². The molecule has 1 aromatic carbocycles. The van der Waals surface area contributed by atoms with Gasteiger partial charge in [0.15, 0.2) is 0 Å². The molecule has 6 heteroatoms. The largest absolute Gasteiger partial charge is 0.339 e. The van der Waals surface area contributed by atoms with Crippen molar-refractivity contribution in [2.24, 2.45) is 0 Å². The molecule has 0 unspecified atom stereocenters. The van der Waals surface area contributed by atoms with E-state index in [-0.39, 0.29) is 0 Å². The Hall–Kier alpha value is -0.480. The molecule has 0 spiro atoms. The van der Waals surface area contributed by atoms with Gasteiger partial charge in [-0.15, -0.1) is 0 Å². The lowest BCUT2D eigenvalue weighted by Gasteiger charge is -2.11. The van der Waals surface area contributed by atoms with E-state index in [0.29, 0.717) is 20.8 Å². The zero-order chi connectivity index (χ0) is 13.3. The van der Waals surface area contributed by atoms with Crippen LogP contribution in [-0.2, 0) is 0 Å². The molecule has 1 heterocycles. The van der Waals surface area contributed by atoms with E-state index in [4.69, 9.17) is 34.8 Å². The molecular formula is C12H8BrCl3N2. The number of nitrogens with one attached hydrogen (secondary N) is 1. The minimum absolute atomic E-state index is 0.424. The van der Waals surface area contributed by atoms with Crippen LogP contribution in [0.2, 0.25) is 15.1 Å². The molecule has 0 saturated carbocycles. The molecule has 0 bridgehead atoms. The van der Waals surface area contributed by atoms with E-state index in [2.05, 4.69) is 26.2 Å². The first-order valence-electron chi connectivity index (χ1n) is 5.01. The Morgan fingerprint density at radius 2 is 1.72 bits per heavy atom. The average Bonchev–Trinajstić information content (AvgIpc) is 2.29. The van der Waals surface area contributed by atoms with Gasteiger partial charge in [-0.05, 0) is 46.6 Å². The summed E-state index contributed by atoms with van der Waals surface area (Å²) in [5.74, 6) is 0.721. The summed E-state index contributed by atoms with van der Waals surface area (Å²) < 4.78 is 0.922. The first kappa shape index (κ1) is 13.9. The number of halogens is 4. The third-order valence-corrected chi connectivity index (χ3v) is 3.78. The number of hydrogen-bond donors (Lipinski definition) is 1. The van der Waals surface area contributed by atoms with Crippen LogP contribution in [0.1, 0.15) is 5.56 Å². The molecule has 1 aromatic heterocycles. The molecular weight excluding hydrogens is 358 g/mol. The second-order valence-electron chi connectivity index (χ2n) is 3.69. The minimum atomic E-state index is 0.424. The highest BCUT2D eigenvalue weighted by molar-refractivity contribution is 9.10. The van der Waals surface area contributed by atoms with Gasteiger partial charge >= 0.3 is 0 Å². The van der Waals surface area contributed by atoms with Crippen molar-refractivity contribution < 1.29 is 0 Å². The first-order chi connectivity index (χ1) is 8.47. The maximum atomic E-state index is 6.09. The van der Waals surface area contributed by atoms with Gasteiger partial charge in [-0.2, -0.15) is 0 Å². The topological polar surface area (TPSA) is 24.9 Å². The van der Waals surface area contributed by atoms with Gasteiger partial charge in [0.1, 0.15) is 5.82 Å². The van der Waals surface area contributed by atoms with Crippen molar-refractivity contribution in [3.8, 4) is 0 Å². The van der Waals surface area contributed by atoms with Gasteiger partial charge < -0.3 is 5.32 Å². The van der Waals surface area contributed by atoms with Crippen LogP contribution in [0.25, 0.3) is 0 Å². The average molecular weight is 366 g/mol. The Labute approximate surface area is 128 Å². The summed E-state index contributed by atoms with van der Waals surface area (Å²) >= 11 is 21.3. The second kappa shape index (κ2) is 5.66. The Morgan fingerprint density at radius 3 is 2.39 bits per heavy atom. The summed E-state index contributed by atoms with van der Waals surface area (Å²) in [6.45, 7) is 1.95. The number of pyridine rings is 1. The summed E-state index contributed by atoms with van der Waals surface area (Å²) in [7, 11) is 0. The third-order valence-electron chi connectivity index (χ3n) is 2.31. The number of hydrogen-bond acceptors (Lipinski definition) is 2. The molecule has 2 nitrogen and oxygen atoms in total. The lowest BCUT2D eigenvalue weighted by Crippen LogP contribution is -1.97. The van der Waals surface area contributed by atoms with Crippen LogP contribution < -0.4 is 5.32 Å². The predicted octanol–water partition coefficient (Wildman–Crippen LogP) is 5.86. The fraction of sp³-hybridized carbons (Fsp3) is 0.0833. The molecule has 1 N–H and O–H groups in total. The smallest absolute Gasteiger partial charge is 0.133 e. The van der Waals surface area contributed by atoms with Gasteiger partial charge in [0.2, 0.25) is 0 Å². The van der Waals surface area contributed by atoms with Crippen LogP contribution in [-0.4, -0.2) is 4.98 Å². The van der Waals surface area contributed by atoms with Crippen LogP contribution in [0, 0.1) is 6.92 Å². The lowest BCUT2D eigenvalue weighted by molar-refractivity contribution is 1.24. The molecule has 94 valence electrons. The maximum Gasteiger partial charge on any atom is 0.133 e. The van der Waals surface area contributed by atoms with Crippen LogP contribution in [0.4, 0.5) is 11.5 Å². The Kier molecular flexibility index (Phi) is 4.38. The highest BCUT2D eigenvalue weighted by Crippen LogP contribution is 2.34. The SMILES string of the molecule is Cc1cc(Br)cnc1Nc1cc(Cl)c(Cl)cc1Cl. The van der Waals surface area contributed by atoms with E-state index in [1.165, 1.54) is 0 Å². The number of benzene rings is 1. The van der Waals surface area contributed by atoms with Crippen molar-refractivity contribution in [2.45, 2.75) is 6.92 Å². The van der Waals surface area contributed by atoms with E-state index in [1.54, 1.807) is 18.3 Å². The molecule has 0 radical (unpaired) electrons. The second-order valence-corrected chi connectivity index (χ2v) is 5.83. The number of aryl methyl sites for hydroxylation is 1. The Balaban J connectivity index is 2.37. The van der Waals surface area contributed by atoms with Gasteiger partial charge in [0.05, 0.1) is 20.8 Å². The summed E-state index contributed by atoms with van der Waals surface area (Å²) in [5.41, 5.74) is 1.66. The molecule has 0 amide bonds. The normalized spacial score (nSPS) is 10.5. The Morgan fingerprint density at radius 1 is 1.06 bits per heavy atom. The maximum absolute atomic E-state index is 6.09.